The minimum Gasteiger partial charge on any atom is -0.488 e. The maximum absolute atomic E-state index is 6.17. The number of benzene rings is 2. The monoisotopic (exact) mass is 372 g/mol. The zero-order valence-electron chi connectivity index (χ0n) is 11.3. The van der Waals surface area contributed by atoms with Crippen molar-refractivity contribution >= 4 is 39.1 Å². The minimum absolute atomic E-state index is 0.411. The number of aryl methyl sites for hydroxylation is 2. The molecule has 106 valence electrons. The Morgan fingerprint density at radius 2 is 1.75 bits per heavy atom. The summed E-state index contributed by atoms with van der Waals surface area (Å²) in [4.78, 5) is 0. The summed E-state index contributed by atoms with van der Waals surface area (Å²) >= 11 is 15.6. The van der Waals surface area contributed by atoms with Crippen LogP contribution in [0.15, 0.2) is 30.3 Å². The quantitative estimate of drug-likeness (QED) is 0.589. The second-order valence-electron chi connectivity index (χ2n) is 4.69. The van der Waals surface area contributed by atoms with E-state index in [1.54, 1.807) is 6.07 Å². The molecule has 0 N–H and O–H groups in total. The van der Waals surface area contributed by atoms with Crippen LogP contribution in [0.25, 0.3) is 0 Å². The lowest BCUT2D eigenvalue weighted by molar-refractivity contribution is 0.302. The van der Waals surface area contributed by atoms with Crippen LogP contribution in [0.3, 0.4) is 0 Å². The highest BCUT2D eigenvalue weighted by atomic mass is 79.9. The van der Waals surface area contributed by atoms with Crippen LogP contribution in [0.1, 0.15) is 22.3 Å². The Labute approximate surface area is 138 Å². The average Bonchev–Trinajstić information content (AvgIpc) is 2.42. The molecule has 0 unspecified atom stereocenters. The predicted octanol–water partition coefficient (Wildman–Crippen LogP) is 6.08. The van der Waals surface area contributed by atoms with Gasteiger partial charge in [0.2, 0.25) is 0 Å². The second kappa shape index (κ2) is 6.84. The molecule has 0 atom stereocenters. The van der Waals surface area contributed by atoms with Gasteiger partial charge in [-0.2, -0.15) is 0 Å². The molecule has 0 aliphatic carbocycles. The van der Waals surface area contributed by atoms with Crippen molar-refractivity contribution in [2.45, 2.75) is 25.8 Å². The number of hydrogen-bond donors (Lipinski definition) is 0. The van der Waals surface area contributed by atoms with Crippen molar-refractivity contribution < 1.29 is 4.74 Å². The zero-order chi connectivity index (χ0) is 14.7. The minimum atomic E-state index is 0.411. The van der Waals surface area contributed by atoms with E-state index >= 15 is 0 Å². The Hall–Kier alpha value is -0.700. The van der Waals surface area contributed by atoms with Gasteiger partial charge in [0.05, 0.1) is 10.0 Å². The van der Waals surface area contributed by atoms with Crippen molar-refractivity contribution in [3.63, 3.8) is 0 Å². The molecule has 1 nitrogen and oxygen atoms in total. The van der Waals surface area contributed by atoms with Crippen molar-refractivity contribution in [3.8, 4) is 5.75 Å². The van der Waals surface area contributed by atoms with Gasteiger partial charge in [-0.25, -0.2) is 0 Å². The molecule has 0 aliphatic heterocycles. The lowest BCUT2D eigenvalue weighted by atomic mass is 10.1. The Morgan fingerprint density at radius 1 is 1.10 bits per heavy atom. The molecule has 2 aromatic rings. The maximum Gasteiger partial charge on any atom is 0.125 e. The molecule has 2 aromatic carbocycles. The lowest BCUT2D eigenvalue weighted by Crippen LogP contribution is -2.00. The summed E-state index contributed by atoms with van der Waals surface area (Å²) in [5, 5.41) is 1.95. The van der Waals surface area contributed by atoms with E-state index in [1.165, 1.54) is 5.56 Å². The van der Waals surface area contributed by atoms with Gasteiger partial charge in [-0.3, -0.25) is 0 Å². The van der Waals surface area contributed by atoms with Crippen molar-refractivity contribution in [1.82, 2.24) is 0 Å². The molecule has 0 bridgehead atoms. The molecular weight excluding hydrogens is 359 g/mol. The first-order chi connectivity index (χ1) is 9.52. The normalized spacial score (nSPS) is 10.7. The molecule has 0 amide bonds. The predicted molar refractivity (Wildman–Crippen MR) is 89.3 cm³/mol. The number of rotatable bonds is 4. The fourth-order valence-corrected chi connectivity index (χ4v) is 2.85. The van der Waals surface area contributed by atoms with Gasteiger partial charge >= 0.3 is 0 Å². The summed E-state index contributed by atoms with van der Waals surface area (Å²) < 4.78 is 5.93. The molecule has 0 radical (unpaired) electrons. The second-order valence-corrected chi connectivity index (χ2v) is 6.04. The third-order valence-corrected chi connectivity index (χ3v) is 4.58. The van der Waals surface area contributed by atoms with Gasteiger partial charge in [0.25, 0.3) is 0 Å². The van der Waals surface area contributed by atoms with E-state index in [1.807, 2.05) is 26.0 Å². The highest BCUT2D eigenvalue weighted by molar-refractivity contribution is 9.08. The third kappa shape index (κ3) is 3.49. The standard InChI is InChI=1S/C16H15BrCl2O/c1-10-6-12(8-17)7-11(2)16(10)20-9-13-4-3-5-14(18)15(13)19/h3-7H,8-9H2,1-2H3. The van der Waals surface area contributed by atoms with Crippen LogP contribution in [-0.4, -0.2) is 0 Å². The summed E-state index contributed by atoms with van der Waals surface area (Å²) in [5.41, 5.74) is 4.38. The van der Waals surface area contributed by atoms with Gasteiger partial charge in [0.15, 0.2) is 0 Å². The number of halogens is 3. The molecule has 0 fully saturated rings. The molecular formula is C16H15BrCl2O. The number of alkyl halides is 1. The summed E-state index contributed by atoms with van der Waals surface area (Å²) in [6.07, 6.45) is 0. The average molecular weight is 374 g/mol. The first-order valence-electron chi connectivity index (χ1n) is 6.24. The van der Waals surface area contributed by atoms with Crippen LogP contribution in [0, 0.1) is 13.8 Å². The molecule has 0 spiro atoms. The fourth-order valence-electron chi connectivity index (χ4n) is 2.15. The third-order valence-electron chi connectivity index (χ3n) is 3.08. The number of ether oxygens (including phenoxy) is 1. The van der Waals surface area contributed by atoms with Crippen LogP contribution in [0.5, 0.6) is 5.75 Å². The molecule has 0 heterocycles. The molecule has 2 rings (SSSR count). The summed E-state index contributed by atoms with van der Waals surface area (Å²) in [7, 11) is 0. The highest BCUT2D eigenvalue weighted by Gasteiger charge is 2.09. The van der Waals surface area contributed by atoms with E-state index in [-0.39, 0.29) is 0 Å². The molecule has 20 heavy (non-hydrogen) atoms. The van der Waals surface area contributed by atoms with E-state index < -0.39 is 0 Å². The van der Waals surface area contributed by atoms with Gasteiger partial charge in [-0.05, 0) is 36.6 Å². The van der Waals surface area contributed by atoms with Crippen molar-refractivity contribution in [2.24, 2.45) is 0 Å². The largest absolute Gasteiger partial charge is 0.488 e. The lowest BCUT2D eigenvalue weighted by Gasteiger charge is -2.14. The van der Waals surface area contributed by atoms with Crippen LogP contribution >= 0.6 is 39.1 Å². The molecule has 0 saturated carbocycles. The smallest absolute Gasteiger partial charge is 0.125 e. The topological polar surface area (TPSA) is 9.23 Å². The zero-order valence-corrected chi connectivity index (χ0v) is 14.4. The Kier molecular flexibility index (Phi) is 5.36. The van der Waals surface area contributed by atoms with Gasteiger partial charge in [-0.15, -0.1) is 0 Å². The first kappa shape index (κ1) is 15.7. The molecule has 0 aliphatic rings. The fraction of sp³-hybridized carbons (Fsp3) is 0.250. The van der Waals surface area contributed by atoms with E-state index in [4.69, 9.17) is 27.9 Å². The summed E-state index contributed by atoms with van der Waals surface area (Å²) in [6.45, 7) is 4.51. The van der Waals surface area contributed by atoms with Crippen molar-refractivity contribution in [1.29, 1.82) is 0 Å². The SMILES string of the molecule is Cc1cc(CBr)cc(C)c1OCc1cccc(Cl)c1Cl. The van der Waals surface area contributed by atoms with Crippen LogP contribution in [0.2, 0.25) is 10.0 Å². The summed E-state index contributed by atoms with van der Waals surface area (Å²) in [5.74, 6) is 0.908. The van der Waals surface area contributed by atoms with Crippen molar-refractivity contribution in [2.75, 3.05) is 0 Å². The Bertz CT molecular complexity index is 603. The van der Waals surface area contributed by atoms with Gasteiger partial charge < -0.3 is 4.74 Å². The van der Waals surface area contributed by atoms with E-state index in [2.05, 4.69) is 28.1 Å². The Balaban J connectivity index is 2.21. The van der Waals surface area contributed by atoms with Gasteiger partial charge in [0.1, 0.15) is 12.4 Å². The number of hydrogen-bond acceptors (Lipinski definition) is 1. The van der Waals surface area contributed by atoms with Crippen LogP contribution in [0.4, 0.5) is 0 Å². The van der Waals surface area contributed by atoms with Gasteiger partial charge in [-0.1, -0.05) is 63.4 Å². The highest BCUT2D eigenvalue weighted by Crippen LogP contribution is 2.29. The van der Waals surface area contributed by atoms with Crippen LogP contribution in [-0.2, 0) is 11.9 Å². The van der Waals surface area contributed by atoms with E-state index in [0.717, 1.165) is 27.8 Å². The maximum atomic E-state index is 6.17. The molecule has 0 saturated heterocycles. The van der Waals surface area contributed by atoms with E-state index in [9.17, 15) is 0 Å². The Morgan fingerprint density at radius 3 is 2.35 bits per heavy atom. The van der Waals surface area contributed by atoms with E-state index in [0.29, 0.717) is 16.7 Å². The molecule has 4 heteroatoms. The first-order valence-corrected chi connectivity index (χ1v) is 8.12. The van der Waals surface area contributed by atoms with Crippen LogP contribution < -0.4 is 4.74 Å². The summed E-state index contributed by atoms with van der Waals surface area (Å²) in [6, 6.07) is 9.81. The van der Waals surface area contributed by atoms with Gasteiger partial charge in [0, 0.05) is 10.9 Å². The molecule has 0 aromatic heterocycles. The van der Waals surface area contributed by atoms with Crippen molar-refractivity contribution in [3.05, 3.63) is 62.6 Å².